The fourth-order valence-electron chi connectivity index (χ4n) is 3.29. The van der Waals surface area contributed by atoms with Gasteiger partial charge in [0.2, 0.25) is 5.91 Å². The van der Waals surface area contributed by atoms with E-state index in [0.717, 1.165) is 17.7 Å². The number of alkyl halides is 3. The van der Waals surface area contributed by atoms with Crippen molar-refractivity contribution in [1.29, 1.82) is 0 Å². The van der Waals surface area contributed by atoms with Crippen LogP contribution in [0, 0.1) is 6.92 Å². The van der Waals surface area contributed by atoms with Crippen LogP contribution in [0.2, 0.25) is 0 Å². The van der Waals surface area contributed by atoms with Crippen LogP contribution in [0.1, 0.15) is 47.3 Å². The van der Waals surface area contributed by atoms with Crippen molar-refractivity contribution in [2.75, 3.05) is 0 Å². The molecule has 3 rings (SSSR count). The van der Waals surface area contributed by atoms with E-state index in [4.69, 9.17) is 0 Å². The van der Waals surface area contributed by atoms with Gasteiger partial charge in [-0.3, -0.25) is 9.59 Å². The zero-order valence-electron chi connectivity index (χ0n) is 18.2. The number of nitrogens with one attached hydrogen (secondary N) is 2. The van der Waals surface area contributed by atoms with Gasteiger partial charge in [0, 0.05) is 23.4 Å². The van der Waals surface area contributed by atoms with Crippen molar-refractivity contribution in [3.05, 3.63) is 92.9 Å². The summed E-state index contributed by atoms with van der Waals surface area (Å²) in [6.07, 6.45) is -4.25. The Hall–Kier alpha value is -3.07. The minimum Gasteiger partial charge on any atom is -0.350 e. The minimum atomic E-state index is -4.45. The quantitative estimate of drug-likeness (QED) is 0.347. The van der Waals surface area contributed by atoms with Crippen molar-refractivity contribution < 1.29 is 18.0 Å². The summed E-state index contributed by atoms with van der Waals surface area (Å²) in [5, 5.41) is 3.20. The molecule has 0 spiro atoms. The lowest BCUT2D eigenvalue weighted by Gasteiger charge is -2.16. The molecule has 1 aromatic heterocycles. The van der Waals surface area contributed by atoms with Gasteiger partial charge in [-0.2, -0.15) is 13.2 Å². The second-order valence-corrected chi connectivity index (χ2v) is 8.59. The highest BCUT2D eigenvalue weighted by molar-refractivity contribution is 7.98. The number of aromatic amines is 1. The summed E-state index contributed by atoms with van der Waals surface area (Å²) in [6, 6.07) is 14.1. The smallest absolute Gasteiger partial charge is 0.350 e. The van der Waals surface area contributed by atoms with Crippen molar-refractivity contribution in [1.82, 2.24) is 15.3 Å². The molecule has 0 aliphatic carbocycles. The second kappa shape index (κ2) is 10.7. The molecular weight excluding hydrogens is 451 g/mol. The van der Waals surface area contributed by atoms with Crippen molar-refractivity contribution >= 4 is 17.7 Å². The summed E-state index contributed by atoms with van der Waals surface area (Å²) in [5.41, 5.74) is 1.37. The average molecular weight is 476 g/mol. The van der Waals surface area contributed by atoms with Crippen molar-refractivity contribution in [3.8, 4) is 0 Å². The van der Waals surface area contributed by atoms with Crippen LogP contribution in [-0.4, -0.2) is 15.9 Å². The molecule has 1 amide bonds. The third kappa shape index (κ3) is 6.95. The molecule has 0 radical (unpaired) electrons. The summed E-state index contributed by atoms with van der Waals surface area (Å²) in [5.74, 6) is 0.305. The summed E-state index contributed by atoms with van der Waals surface area (Å²) in [7, 11) is 0. The molecule has 2 aromatic carbocycles. The van der Waals surface area contributed by atoms with Gasteiger partial charge in [-0.05, 0) is 43.5 Å². The predicted molar refractivity (Wildman–Crippen MR) is 122 cm³/mol. The van der Waals surface area contributed by atoms with Gasteiger partial charge < -0.3 is 10.3 Å². The van der Waals surface area contributed by atoms with Crippen LogP contribution in [0.5, 0.6) is 0 Å². The highest BCUT2D eigenvalue weighted by Crippen LogP contribution is 2.30. The van der Waals surface area contributed by atoms with E-state index in [1.54, 1.807) is 13.8 Å². The van der Waals surface area contributed by atoms with Crippen molar-refractivity contribution in [2.45, 2.75) is 49.8 Å². The van der Waals surface area contributed by atoms with Gasteiger partial charge in [0.25, 0.3) is 5.56 Å². The first-order chi connectivity index (χ1) is 15.6. The van der Waals surface area contributed by atoms with E-state index >= 15 is 0 Å². The topological polar surface area (TPSA) is 74.8 Å². The monoisotopic (exact) mass is 475 g/mol. The van der Waals surface area contributed by atoms with E-state index < -0.39 is 17.8 Å². The van der Waals surface area contributed by atoms with Gasteiger partial charge in [-0.25, -0.2) is 4.98 Å². The van der Waals surface area contributed by atoms with E-state index in [0.29, 0.717) is 27.7 Å². The molecule has 1 unspecified atom stereocenters. The number of H-pyrrole nitrogens is 1. The molecule has 0 aliphatic rings. The zero-order chi connectivity index (χ0) is 24.0. The minimum absolute atomic E-state index is 0.0193. The highest BCUT2D eigenvalue weighted by atomic mass is 32.2. The maximum Gasteiger partial charge on any atom is 0.416 e. The van der Waals surface area contributed by atoms with Crippen LogP contribution in [-0.2, 0) is 23.1 Å². The van der Waals surface area contributed by atoms with Gasteiger partial charge in [-0.15, -0.1) is 0 Å². The van der Waals surface area contributed by atoms with Gasteiger partial charge in [-0.1, -0.05) is 54.2 Å². The predicted octanol–water partition coefficient (Wildman–Crippen LogP) is 5.20. The number of aromatic nitrogens is 2. The fourth-order valence-corrected chi connectivity index (χ4v) is 4.16. The Bertz CT molecular complexity index is 1160. The third-order valence-electron chi connectivity index (χ3n) is 5.11. The standard InChI is InChI=1S/C24H24F3N3O2S/c1-15(18-9-6-10-19(13-18)24(25,26)27)28-21(31)12-11-20-16(2)29-23(30-22(20)32)33-14-17-7-4-3-5-8-17/h3-10,13,15H,11-12,14H2,1-2H3,(H,28,31)(H,29,30,32). The maximum absolute atomic E-state index is 12.9. The SMILES string of the molecule is Cc1nc(SCc2ccccc2)[nH]c(=O)c1CCC(=O)NC(C)c1cccc(C(F)(F)F)c1. The third-order valence-corrected chi connectivity index (χ3v) is 6.06. The molecular formula is C24H24F3N3O2S. The number of halogens is 3. The Morgan fingerprint density at radius 1 is 1.15 bits per heavy atom. The second-order valence-electron chi connectivity index (χ2n) is 7.62. The number of nitrogens with zero attached hydrogens (tertiary/aromatic N) is 1. The first kappa shape index (κ1) is 24.6. The number of thioether (sulfide) groups is 1. The lowest BCUT2D eigenvalue weighted by atomic mass is 10.0. The summed E-state index contributed by atoms with van der Waals surface area (Å²) < 4.78 is 38.7. The van der Waals surface area contributed by atoms with E-state index in [2.05, 4.69) is 15.3 Å². The zero-order valence-corrected chi connectivity index (χ0v) is 19.0. The van der Waals surface area contributed by atoms with Crippen LogP contribution >= 0.6 is 11.8 Å². The van der Waals surface area contributed by atoms with Gasteiger partial charge in [0.05, 0.1) is 11.6 Å². The Balaban J connectivity index is 1.58. The number of rotatable bonds is 8. The van der Waals surface area contributed by atoms with Crippen molar-refractivity contribution in [2.24, 2.45) is 0 Å². The number of benzene rings is 2. The Morgan fingerprint density at radius 3 is 2.55 bits per heavy atom. The Kier molecular flexibility index (Phi) is 7.97. The lowest BCUT2D eigenvalue weighted by molar-refractivity contribution is -0.137. The molecule has 0 saturated carbocycles. The highest BCUT2D eigenvalue weighted by Gasteiger charge is 2.30. The Labute approximate surface area is 193 Å². The molecule has 174 valence electrons. The van der Waals surface area contributed by atoms with E-state index in [1.165, 1.54) is 23.9 Å². The first-order valence-electron chi connectivity index (χ1n) is 10.4. The summed E-state index contributed by atoms with van der Waals surface area (Å²) in [4.78, 5) is 32.1. The molecule has 0 bridgehead atoms. The number of hydrogen-bond donors (Lipinski definition) is 2. The molecule has 33 heavy (non-hydrogen) atoms. The number of aryl methyl sites for hydroxylation is 1. The van der Waals surface area contributed by atoms with Gasteiger partial charge in [0.1, 0.15) is 0 Å². The van der Waals surface area contributed by atoms with Gasteiger partial charge in [0.15, 0.2) is 5.16 Å². The molecule has 0 saturated heterocycles. The molecule has 0 aliphatic heterocycles. The average Bonchev–Trinajstić information content (AvgIpc) is 2.77. The number of amides is 1. The molecule has 1 heterocycles. The molecule has 3 aromatic rings. The van der Waals surface area contributed by atoms with Crippen LogP contribution in [0.15, 0.2) is 64.5 Å². The largest absolute Gasteiger partial charge is 0.416 e. The maximum atomic E-state index is 12.9. The van der Waals surface area contributed by atoms with Crippen molar-refractivity contribution in [3.63, 3.8) is 0 Å². The van der Waals surface area contributed by atoms with Crippen LogP contribution in [0.3, 0.4) is 0 Å². The van der Waals surface area contributed by atoms with Crippen LogP contribution < -0.4 is 10.9 Å². The van der Waals surface area contributed by atoms with E-state index in [-0.39, 0.29) is 24.3 Å². The molecule has 2 N–H and O–H groups in total. The molecule has 9 heteroatoms. The first-order valence-corrected chi connectivity index (χ1v) is 11.3. The van der Waals surface area contributed by atoms with Crippen LogP contribution in [0.4, 0.5) is 13.2 Å². The number of carbonyl (C=O) groups excluding carboxylic acids is 1. The van der Waals surface area contributed by atoms with Gasteiger partial charge >= 0.3 is 6.18 Å². The Morgan fingerprint density at radius 2 is 1.88 bits per heavy atom. The summed E-state index contributed by atoms with van der Waals surface area (Å²) >= 11 is 1.42. The van der Waals surface area contributed by atoms with Crippen LogP contribution in [0.25, 0.3) is 0 Å². The number of carbonyl (C=O) groups is 1. The molecule has 1 atom stereocenters. The number of hydrogen-bond acceptors (Lipinski definition) is 4. The summed E-state index contributed by atoms with van der Waals surface area (Å²) in [6.45, 7) is 3.34. The van der Waals surface area contributed by atoms with E-state index in [9.17, 15) is 22.8 Å². The lowest BCUT2D eigenvalue weighted by Crippen LogP contribution is -2.28. The normalized spacial score (nSPS) is 12.4. The molecule has 0 fully saturated rings. The van der Waals surface area contributed by atoms with E-state index in [1.807, 2.05) is 30.3 Å². The fraction of sp³-hybridized carbons (Fsp3) is 0.292. The molecule has 5 nitrogen and oxygen atoms in total.